The molecule has 25 heavy (non-hydrogen) atoms. The molecule has 6 heteroatoms. The highest BCUT2D eigenvalue weighted by atomic mass is 16.5. The van der Waals surface area contributed by atoms with Gasteiger partial charge in [-0.25, -0.2) is 9.59 Å². The summed E-state index contributed by atoms with van der Waals surface area (Å²) < 4.78 is 4.84. The molecule has 0 aliphatic rings. The van der Waals surface area contributed by atoms with Crippen molar-refractivity contribution in [3.05, 3.63) is 77.4 Å². The van der Waals surface area contributed by atoms with Crippen LogP contribution in [0.1, 0.15) is 21.5 Å². The molecule has 0 bridgehead atoms. The number of hydrogen-bond acceptors (Lipinski definition) is 5. The first kappa shape index (κ1) is 17.8. The van der Waals surface area contributed by atoms with E-state index < -0.39 is 23.5 Å². The van der Waals surface area contributed by atoms with Crippen LogP contribution in [-0.4, -0.2) is 28.6 Å². The van der Waals surface area contributed by atoms with Crippen molar-refractivity contribution in [1.29, 1.82) is 0 Å². The Kier molecular flexibility index (Phi) is 5.95. The second kappa shape index (κ2) is 8.35. The lowest BCUT2D eigenvalue weighted by Crippen LogP contribution is -2.26. The minimum Gasteiger partial charge on any atom is -0.478 e. The Labute approximate surface area is 143 Å². The van der Waals surface area contributed by atoms with Crippen LogP contribution in [0.25, 0.3) is 6.08 Å². The van der Waals surface area contributed by atoms with E-state index in [1.54, 1.807) is 30.3 Å². The van der Waals surface area contributed by atoms with Crippen LogP contribution < -0.4 is 0 Å². The minimum atomic E-state index is -1.26. The summed E-state index contributed by atoms with van der Waals surface area (Å²) in [6.45, 7) is -0.0996. The molecule has 0 heterocycles. The van der Waals surface area contributed by atoms with E-state index in [0.29, 0.717) is 11.1 Å². The largest absolute Gasteiger partial charge is 0.478 e. The summed E-state index contributed by atoms with van der Waals surface area (Å²) in [5, 5.41) is 8.55. The Morgan fingerprint density at radius 1 is 0.920 bits per heavy atom. The predicted molar refractivity (Wildman–Crippen MR) is 88.7 cm³/mol. The fraction of sp³-hybridized carbons (Fsp3) is 0.0526. The number of rotatable bonds is 7. The summed E-state index contributed by atoms with van der Waals surface area (Å²) in [6, 6.07) is 14.4. The van der Waals surface area contributed by atoms with Crippen molar-refractivity contribution in [2.24, 2.45) is 0 Å². The lowest BCUT2D eigenvalue weighted by atomic mass is 10.1. The van der Waals surface area contributed by atoms with Crippen LogP contribution >= 0.6 is 0 Å². The molecule has 0 saturated carbocycles. The van der Waals surface area contributed by atoms with Gasteiger partial charge in [0.05, 0.1) is 0 Å². The van der Waals surface area contributed by atoms with Crippen LogP contribution in [0.2, 0.25) is 0 Å². The number of ketones is 2. The number of ether oxygens (including phenoxy) is 1. The van der Waals surface area contributed by atoms with E-state index in [4.69, 9.17) is 9.84 Å². The molecule has 126 valence electrons. The van der Waals surface area contributed by atoms with Gasteiger partial charge in [-0.15, -0.1) is 0 Å². The summed E-state index contributed by atoms with van der Waals surface area (Å²) in [4.78, 5) is 46.0. The van der Waals surface area contributed by atoms with Gasteiger partial charge in [0.2, 0.25) is 5.78 Å². The van der Waals surface area contributed by atoms with E-state index in [1.807, 2.05) is 0 Å². The van der Waals surface area contributed by atoms with Crippen molar-refractivity contribution in [2.45, 2.75) is 6.61 Å². The van der Waals surface area contributed by atoms with Gasteiger partial charge in [-0.05, 0) is 17.2 Å². The van der Waals surface area contributed by atoms with Crippen LogP contribution in [0.15, 0.2) is 60.7 Å². The summed E-state index contributed by atoms with van der Waals surface area (Å²) in [7, 11) is 0. The minimum absolute atomic E-state index is 0.0223. The molecule has 0 radical (unpaired) electrons. The summed E-state index contributed by atoms with van der Waals surface area (Å²) in [5.41, 5.74) is 1.26. The maximum Gasteiger partial charge on any atom is 0.383 e. The fourth-order valence-corrected chi connectivity index (χ4v) is 1.93. The monoisotopic (exact) mass is 338 g/mol. The SMILES string of the molecule is O=C(O)/C=C/c1ccc(C(=O)C(=O)C(=O)OCc2ccccc2)cc1. The quantitative estimate of drug-likeness (QED) is 0.273. The van der Waals surface area contributed by atoms with Gasteiger partial charge in [0.15, 0.2) is 0 Å². The van der Waals surface area contributed by atoms with E-state index in [1.165, 1.54) is 30.3 Å². The van der Waals surface area contributed by atoms with Crippen LogP contribution in [0, 0.1) is 0 Å². The van der Waals surface area contributed by atoms with Gasteiger partial charge in [0, 0.05) is 11.6 Å². The third-order valence-electron chi connectivity index (χ3n) is 3.20. The lowest BCUT2D eigenvalue weighted by molar-refractivity contribution is -0.152. The number of hydrogen-bond donors (Lipinski definition) is 1. The molecule has 0 atom stereocenters. The molecule has 2 rings (SSSR count). The van der Waals surface area contributed by atoms with Gasteiger partial charge in [0.25, 0.3) is 0 Å². The standard InChI is InChI=1S/C19H14O6/c20-16(21)11-8-13-6-9-15(10-7-13)17(22)18(23)19(24)25-12-14-4-2-1-3-5-14/h1-11H,12H2,(H,20,21)/b11-8+. The zero-order chi connectivity index (χ0) is 18.2. The number of esters is 1. The molecule has 6 nitrogen and oxygen atoms in total. The van der Waals surface area contributed by atoms with E-state index in [0.717, 1.165) is 6.08 Å². The summed E-state index contributed by atoms with van der Waals surface area (Å²) in [6.07, 6.45) is 2.29. The molecular formula is C19H14O6. The first-order chi connectivity index (χ1) is 12.0. The number of carboxylic acid groups (broad SMARTS) is 1. The maximum atomic E-state index is 12.0. The molecule has 0 amide bonds. The molecule has 0 spiro atoms. The van der Waals surface area contributed by atoms with Gasteiger partial charge in [-0.3, -0.25) is 9.59 Å². The fourth-order valence-electron chi connectivity index (χ4n) is 1.93. The Hall–Kier alpha value is -3.54. The first-order valence-electron chi connectivity index (χ1n) is 7.28. The molecule has 0 aliphatic heterocycles. The Bertz CT molecular complexity index is 819. The van der Waals surface area contributed by atoms with Crippen molar-refractivity contribution in [1.82, 2.24) is 0 Å². The molecule has 0 unspecified atom stereocenters. The average molecular weight is 338 g/mol. The van der Waals surface area contributed by atoms with Crippen LogP contribution in [0.4, 0.5) is 0 Å². The number of carbonyl (C=O) groups excluding carboxylic acids is 3. The zero-order valence-electron chi connectivity index (χ0n) is 13.0. The Balaban J connectivity index is 1.97. The molecule has 2 aromatic rings. The second-order valence-corrected chi connectivity index (χ2v) is 5.01. The first-order valence-corrected chi connectivity index (χ1v) is 7.28. The molecule has 0 fully saturated rings. The van der Waals surface area contributed by atoms with Gasteiger partial charge >= 0.3 is 17.7 Å². The molecule has 1 N–H and O–H groups in total. The van der Waals surface area contributed by atoms with Gasteiger partial charge in [-0.2, -0.15) is 0 Å². The van der Waals surface area contributed by atoms with Crippen LogP contribution in [0.3, 0.4) is 0 Å². The molecular weight excluding hydrogens is 324 g/mol. The second-order valence-electron chi connectivity index (χ2n) is 5.01. The van der Waals surface area contributed by atoms with Gasteiger partial charge < -0.3 is 9.84 Å². The normalized spacial score (nSPS) is 10.4. The van der Waals surface area contributed by atoms with Crippen molar-refractivity contribution in [3.63, 3.8) is 0 Å². The van der Waals surface area contributed by atoms with Crippen molar-refractivity contribution in [3.8, 4) is 0 Å². The number of carbonyl (C=O) groups is 4. The predicted octanol–water partition coefficient (Wildman–Crippen LogP) is 2.28. The average Bonchev–Trinajstić information content (AvgIpc) is 2.64. The van der Waals surface area contributed by atoms with E-state index >= 15 is 0 Å². The summed E-state index contributed by atoms with van der Waals surface area (Å²) in [5.74, 6) is -4.56. The topological polar surface area (TPSA) is 97.7 Å². The maximum absolute atomic E-state index is 12.0. The van der Waals surface area contributed by atoms with Crippen LogP contribution in [0.5, 0.6) is 0 Å². The molecule has 0 saturated heterocycles. The van der Waals surface area contributed by atoms with Crippen LogP contribution in [-0.2, 0) is 25.7 Å². The molecule has 0 aromatic heterocycles. The van der Waals surface area contributed by atoms with Crippen molar-refractivity contribution >= 4 is 29.6 Å². The van der Waals surface area contributed by atoms with E-state index in [2.05, 4.69) is 0 Å². The van der Waals surface area contributed by atoms with Gasteiger partial charge in [-0.1, -0.05) is 54.6 Å². The summed E-state index contributed by atoms with van der Waals surface area (Å²) >= 11 is 0. The number of benzene rings is 2. The smallest absolute Gasteiger partial charge is 0.383 e. The van der Waals surface area contributed by atoms with Crippen molar-refractivity contribution < 1.29 is 29.0 Å². The number of aliphatic carboxylic acids is 1. The zero-order valence-corrected chi connectivity index (χ0v) is 13.0. The van der Waals surface area contributed by atoms with Crippen molar-refractivity contribution in [2.75, 3.05) is 0 Å². The third-order valence-corrected chi connectivity index (χ3v) is 3.20. The highest BCUT2D eigenvalue weighted by Gasteiger charge is 2.25. The highest BCUT2D eigenvalue weighted by molar-refractivity contribution is 6.65. The van der Waals surface area contributed by atoms with E-state index in [-0.39, 0.29) is 12.2 Å². The van der Waals surface area contributed by atoms with E-state index in [9.17, 15) is 19.2 Å². The lowest BCUT2D eigenvalue weighted by Gasteiger charge is -2.04. The molecule has 0 aliphatic carbocycles. The Morgan fingerprint density at radius 3 is 2.16 bits per heavy atom. The highest BCUT2D eigenvalue weighted by Crippen LogP contribution is 2.09. The number of Topliss-reactive ketones (excluding diaryl/α,β-unsaturated/α-hetero) is 2. The molecule has 2 aromatic carbocycles. The Morgan fingerprint density at radius 2 is 1.56 bits per heavy atom. The van der Waals surface area contributed by atoms with Gasteiger partial charge in [0.1, 0.15) is 6.61 Å². The number of carboxylic acids is 1. The third kappa shape index (κ3) is 5.24.